The van der Waals surface area contributed by atoms with Gasteiger partial charge in [0.2, 0.25) is 5.78 Å². The molecule has 0 bridgehead atoms. The van der Waals surface area contributed by atoms with E-state index in [0.29, 0.717) is 13.2 Å². The smallest absolute Gasteiger partial charge is 0.294 e. The van der Waals surface area contributed by atoms with Gasteiger partial charge in [0, 0.05) is 32.4 Å². The molecule has 0 atom stereocenters. The molecule has 0 radical (unpaired) electrons. The number of fused-ring (bicyclic) bond motifs is 1. The highest BCUT2D eigenvalue weighted by molar-refractivity contribution is 6.43. The van der Waals surface area contributed by atoms with E-state index in [2.05, 4.69) is 0 Å². The van der Waals surface area contributed by atoms with Gasteiger partial charge in [0.15, 0.2) is 0 Å². The van der Waals surface area contributed by atoms with E-state index in [9.17, 15) is 9.59 Å². The van der Waals surface area contributed by atoms with Gasteiger partial charge in [-0.2, -0.15) is 0 Å². The van der Waals surface area contributed by atoms with Crippen LogP contribution in [0.15, 0.2) is 24.3 Å². The maximum atomic E-state index is 11.8. The number of methoxy groups -OCH3 is 1. The van der Waals surface area contributed by atoms with Gasteiger partial charge in [0.25, 0.3) is 5.91 Å². The van der Waals surface area contributed by atoms with Crippen LogP contribution < -0.4 is 4.90 Å². The van der Waals surface area contributed by atoms with Gasteiger partial charge in [0.05, 0.1) is 0 Å². The van der Waals surface area contributed by atoms with Crippen molar-refractivity contribution in [3.63, 3.8) is 0 Å². The molecule has 0 saturated heterocycles. The first-order valence-corrected chi connectivity index (χ1v) is 5.65. The number of carbonyl (C=O) groups is 2. The van der Waals surface area contributed by atoms with Gasteiger partial charge in [-0.1, -0.05) is 18.2 Å². The first-order valence-electron chi connectivity index (χ1n) is 5.65. The number of hydrogen-bond donors (Lipinski definition) is 0. The highest BCUT2D eigenvalue weighted by atomic mass is 16.5. The molecule has 1 aromatic carbocycles. The van der Waals surface area contributed by atoms with Crippen molar-refractivity contribution >= 4 is 17.4 Å². The highest BCUT2D eigenvalue weighted by Gasteiger charge is 2.30. The second-order valence-electron chi connectivity index (χ2n) is 4.03. The van der Waals surface area contributed by atoms with Gasteiger partial charge < -0.3 is 9.64 Å². The molecule has 0 spiro atoms. The van der Waals surface area contributed by atoms with Crippen LogP contribution >= 0.6 is 0 Å². The van der Waals surface area contributed by atoms with Gasteiger partial charge >= 0.3 is 0 Å². The molecule has 1 aromatic rings. The van der Waals surface area contributed by atoms with Crippen molar-refractivity contribution in [2.75, 3.05) is 25.2 Å². The van der Waals surface area contributed by atoms with Crippen LogP contribution in [0.25, 0.3) is 0 Å². The summed E-state index contributed by atoms with van der Waals surface area (Å²) in [4.78, 5) is 25.0. The van der Waals surface area contributed by atoms with Crippen LogP contribution in [-0.2, 0) is 20.7 Å². The van der Waals surface area contributed by atoms with Crippen LogP contribution in [0.2, 0.25) is 0 Å². The Bertz CT molecular complexity index is 442. The Morgan fingerprint density at radius 3 is 2.82 bits per heavy atom. The van der Waals surface area contributed by atoms with Gasteiger partial charge in [-0.05, 0) is 18.1 Å². The normalized spacial score (nSPS) is 15.0. The van der Waals surface area contributed by atoms with Crippen molar-refractivity contribution in [1.82, 2.24) is 0 Å². The molecule has 0 saturated carbocycles. The molecule has 0 aromatic heterocycles. The van der Waals surface area contributed by atoms with E-state index in [0.717, 1.165) is 17.7 Å². The molecule has 0 unspecified atom stereocenters. The fraction of sp³-hybridized carbons (Fsp3) is 0.385. The zero-order chi connectivity index (χ0) is 12.3. The lowest BCUT2D eigenvalue weighted by molar-refractivity contribution is -0.136. The van der Waals surface area contributed by atoms with Crippen LogP contribution in [0.5, 0.6) is 0 Å². The largest absolute Gasteiger partial charge is 0.385 e. The SMILES string of the molecule is COCCCN1C(=O)C(=O)Cc2ccccc21. The van der Waals surface area contributed by atoms with Crippen LogP contribution in [0.3, 0.4) is 0 Å². The second kappa shape index (κ2) is 5.10. The van der Waals surface area contributed by atoms with Crippen molar-refractivity contribution in [3.8, 4) is 0 Å². The first-order chi connectivity index (χ1) is 8.24. The fourth-order valence-electron chi connectivity index (χ4n) is 2.02. The summed E-state index contributed by atoms with van der Waals surface area (Å²) in [5.41, 5.74) is 1.78. The Morgan fingerprint density at radius 1 is 1.29 bits per heavy atom. The molecular formula is C13H15NO3. The molecule has 1 aliphatic rings. The third-order valence-corrected chi connectivity index (χ3v) is 2.85. The Labute approximate surface area is 100 Å². The number of carbonyl (C=O) groups excluding carboxylic acids is 2. The Morgan fingerprint density at radius 2 is 2.06 bits per heavy atom. The minimum Gasteiger partial charge on any atom is -0.385 e. The van der Waals surface area contributed by atoms with Crippen LogP contribution in [0.4, 0.5) is 5.69 Å². The van der Waals surface area contributed by atoms with E-state index in [4.69, 9.17) is 4.74 Å². The van der Waals surface area contributed by atoms with Gasteiger partial charge in [0.1, 0.15) is 0 Å². The third-order valence-electron chi connectivity index (χ3n) is 2.85. The number of ether oxygens (including phenoxy) is 1. The van der Waals surface area contributed by atoms with E-state index < -0.39 is 5.91 Å². The van der Waals surface area contributed by atoms with Crippen molar-refractivity contribution < 1.29 is 14.3 Å². The molecule has 0 N–H and O–H groups in total. The zero-order valence-corrected chi connectivity index (χ0v) is 9.81. The maximum absolute atomic E-state index is 11.8. The van der Waals surface area contributed by atoms with Crippen molar-refractivity contribution in [2.24, 2.45) is 0 Å². The van der Waals surface area contributed by atoms with E-state index in [-0.39, 0.29) is 12.2 Å². The van der Waals surface area contributed by atoms with Crippen LogP contribution in [0, 0.1) is 0 Å². The summed E-state index contributed by atoms with van der Waals surface area (Å²) in [5, 5.41) is 0. The number of Topliss-reactive ketones (excluding diaryl/α,β-unsaturated/α-hetero) is 1. The summed E-state index contributed by atoms with van der Waals surface area (Å²) in [6, 6.07) is 7.54. The highest BCUT2D eigenvalue weighted by Crippen LogP contribution is 2.26. The number of benzene rings is 1. The maximum Gasteiger partial charge on any atom is 0.294 e. The van der Waals surface area contributed by atoms with Crippen LogP contribution in [-0.4, -0.2) is 32.0 Å². The van der Waals surface area contributed by atoms with Gasteiger partial charge in [-0.3, -0.25) is 9.59 Å². The van der Waals surface area contributed by atoms with Crippen molar-refractivity contribution in [3.05, 3.63) is 29.8 Å². The monoisotopic (exact) mass is 233 g/mol. The Kier molecular flexibility index (Phi) is 3.54. The molecule has 0 aliphatic carbocycles. The second-order valence-corrected chi connectivity index (χ2v) is 4.03. The lowest BCUT2D eigenvalue weighted by Gasteiger charge is -2.28. The molecule has 90 valence electrons. The predicted octanol–water partition coefficient (Wildman–Crippen LogP) is 1.18. The number of anilines is 1. The minimum absolute atomic E-state index is 0.218. The van der Waals surface area contributed by atoms with E-state index in [1.54, 1.807) is 12.0 Å². The van der Waals surface area contributed by atoms with E-state index >= 15 is 0 Å². The van der Waals surface area contributed by atoms with E-state index in [1.807, 2.05) is 24.3 Å². The third kappa shape index (κ3) is 2.36. The number of rotatable bonds is 4. The summed E-state index contributed by atoms with van der Waals surface area (Å²) < 4.78 is 4.96. The van der Waals surface area contributed by atoms with E-state index in [1.165, 1.54) is 0 Å². The number of hydrogen-bond acceptors (Lipinski definition) is 3. The quantitative estimate of drug-likeness (QED) is 0.579. The topological polar surface area (TPSA) is 46.6 Å². The standard InChI is InChI=1S/C13H15NO3/c1-17-8-4-7-14-11-6-3-2-5-10(11)9-12(15)13(14)16/h2-3,5-6H,4,7-9H2,1H3. The Hall–Kier alpha value is -1.68. The van der Waals surface area contributed by atoms with Crippen LogP contribution in [0.1, 0.15) is 12.0 Å². The summed E-state index contributed by atoms with van der Waals surface area (Å²) in [6.45, 7) is 1.11. The fourth-order valence-corrected chi connectivity index (χ4v) is 2.02. The minimum atomic E-state index is -0.403. The summed E-state index contributed by atoms with van der Waals surface area (Å²) in [6.07, 6.45) is 0.944. The zero-order valence-electron chi connectivity index (χ0n) is 9.81. The number of nitrogens with zero attached hydrogens (tertiary/aromatic N) is 1. The molecule has 1 amide bonds. The summed E-state index contributed by atoms with van der Waals surface area (Å²) >= 11 is 0. The Balaban J connectivity index is 2.23. The summed E-state index contributed by atoms with van der Waals surface area (Å²) in [5.74, 6) is -0.735. The molecule has 4 heteroatoms. The lowest BCUT2D eigenvalue weighted by atomic mass is 10.00. The van der Waals surface area contributed by atoms with Gasteiger partial charge in [-0.25, -0.2) is 0 Å². The predicted molar refractivity (Wildman–Crippen MR) is 64.0 cm³/mol. The molecule has 17 heavy (non-hydrogen) atoms. The molecule has 1 heterocycles. The molecule has 0 fully saturated rings. The molecule has 4 nitrogen and oxygen atoms in total. The number of para-hydroxylation sites is 1. The molecule has 1 aliphatic heterocycles. The first kappa shape index (κ1) is 11.8. The summed E-state index contributed by atoms with van der Waals surface area (Å²) in [7, 11) is 1.62. The molecule has 2 rings (SSSR count). The number of amides is 1. The van der Waals surface area contributed by atoms with Crippen molar-refractivity contribution in [1.29, 1.82) is 0 Å². The van der Waals surface area contributed by atoms with Gasteiger partial charge in [-0.15, -0.1) is 0 Å². The average Bonchev–Trinajstić information content (AvgIpc) is 2.34. The molecular weight excluding hydrogens is 218 g/mol. The lowest BCUT2D eigenvalue weighted by Crippen LogP contribution is -2.42. The van der Waals surface area contributed by atoms with Crippen molar-refractivity contribution in [2.45, 2.75) is 12.8 Å². The average molecular weight is 233 g/mol. The number of ketones is 1.